The van der Waals surface area contributed by atoms with Crippen molar-refractivity contribution in [2.75, 3.05) is 36.9 Å². The lowest BCUT2D eigenvalue weighted by Crippen LogP contribution is -2.36. The van der Waals surface area contributed by atoms with Gasteiger partial charge in [0.05, 0.1) is 12.7 Å². The number of carbonyl (C=O) groups excluding carboxylic acids is 1. The normalized spacial score (nSPS) is 10.2. The molecule has 1 aromatic rings. The zero-order valence-corrected chi connectivity index (χ0v) is 13.0. The molecule has 2 N–H and O–H groups in total. The molecule has 0 fully saturated rings. The summed E-state index contributed by atoms with van der Waals surface area (Å²) in [6.07, 6.45) is 3.44. The van der Waals surface area contributed by atoms with Gasteiger partial charge < -0.3 is 15.5 Å². The van der Waals surface area contributed by atoms with Gasteiger partial charge in [0, 0.05) is 20.1 Å². The summed E-state index contributed by atoms with van der Waals surface area (Å²) in [5.41, 5.74) is 0. The van der Waals surface area contributed by atoms with Crippen LogP contribution >= 0.6 is 11.6 Å². The lowest BCUT2D eigenvalue weighted by Gasteiger charge is -2.19. The third-order valence-corrected chi connectivity index (χ3v) is 2.84. The maximum atomic E-state index is 11.7. The van der Waals surface area contributed by atoms with Crippen molar-refractivity contribution in [3.63, 3.8) is 0 Å². The predicted molar refractivity (Wildman–Crippen MR) is 82.4 cm³/mol. The molecule has 0 aliphatic carbocycles. The largest absolute Gasteiger partial charge is 0.355 e. The highest BCUT2D eigenvalue weighted by atomic mass is 35.5. The Balaban J connectivity index is 2.70. The van der Waals surface area contributed by atoms with Gasteiger partial charge in [-0.2, -0.15) is 4.98 Å². The van der Waals surface area contributed by atoms with E-state index in [1.165, 1.54) is 0 Å². The van der Waals surface area contributed by atoms with Crippen LogP contribution in [0.25, 0.3) is 0 Å². The molecule has 0 radical (unpaired) electrons. The van der Waals surface area contributed by atoms with Crippen molar-refractivity contribution in [1.29, 1.82) is 0 Å². The molecule has 1 aromatic heterocycles. The van der Waals surface area contributed by atoms with E-state index in [1.807, 2.05) is 6.92 Å². The van der Waals surface area contributed by atoms with Crippen molar-refractivity contribution in [3.8, 4) is 0 Å². The molecule has 20 heavy (non-hydrogen) atoms. The third-order valence-electron chi connectivity index (χ3n) is 2.57. The second kappa shape index (κ2) is 8.58. The van der Waals surface area contributed by atoms with Crippen LogP contribution in [-0.2, 0) is 4.79 Å². The van der Waals surface area contributed by atoms with Gasteiger partial charge in [-0.1, -0.05) is 25.4 Å². The first-order chi connectivity index (χ1) is 9.58. The Morgan fingerprint density at radius 2 is 2.05 bits per heavy atom. The first kappa shape index (κ1) is 16.5. The van der Waals surface area contributed by atoms with E-state index >= 15 is 0 Å². The van der Waals surface area contributed by atoms with Crippen molar-refractivity contribution in [2.24, 2.45) is 0 Å². The van der Waals surface area contributed by atoms with E-state index in [9.17, 15) is 4.79 Å². The van der Waals surface area contributed by atoms with Gasteiger partial charge in [-0.15, -0.1) is 0 Å². The number of aromatic nitrogens is 2. The van der Waals surface area contributed by atoms with E-state index in [0.717, 1.165) is 19.4 Å². The summed E-state index contributed by atoms with van der Waals surface area (Å²) in [6, 6.07) is 0. The van der Waals surface area contributed by atoms with E-state index in [2.05, 4.69) is 27.5 Å². The number of rotatable bonds is 8. The standard InChI is InChI=1S/C13H22ClN5O/c1-4-6-15-11(20)9-19(3)12-10(14)8-17-13(18-12)16-7-5-2/h8H,4-7,9H2,1-3H3,(H,15,20)(H,16,17,18). The van der Waals surface area contributed by atoms with E-state index in [-0.39, 0.29) is 12.5 Å². The number of amides is 1. The van der Waals surface area contributed by atoms with Crippen LogP contribution in [0.3, 0.4) is 0 Å². The molecule has 0 unspecified atom stereocenters. The molecule has 0 bridgehead atoms. The van der Waals surface area contributed by atoms with E-state index in [0.29, 0.717) is 23.3 Å². The van der Waals surface area contributed by atoms with Gasteiger partial charge in [-0.3, -0.25) is 4.79 Å². The zero-order chi connectivity index (χ0) is 15.0. The molecule has 1 heterocycles. The summed E-state index contributed by atoms with van der Waals surface area (Å²) in [7, 11) is 1.78. The maximum absolute atomic E-state index is 11.7. The van der Waals surface area contributed by atoms with Crippen LogP contribution in [0, 0.1) is 0 Å². The summed E-state index contributed by atoms with van der Waals surface area (Å²) in [5, 5.41) is 6.34. The monoisotopic (exact) mass is 299 g/mol. The first-order valence-corrected chi connectivity index (χ1v) is 7.20. The number of halogens is 1. The topological polar surface area (TPSA) is 70.2 Å². The van der Waals surface area contributed by atoms with Gasteiger partial charge in [0.25, 0.3) is 0 Å². The second-order valence-electron chi connectivity index (χ2n) is 4.50. The highest BCUT2D eigenvalue weighted by Crippen LogP contribution is 2.22. The summed E-state index contributed by atoms with van der Waals surface area (Å²) in [6.45, 7) is 5.75. The van der Waals surface area contributed by atoms with Gasteiger partial charge in [0.15, 0.2) is 5.82 Å². The van der Waals surface area contributed by atoms with Crippen LogP contribution in [-0.4, -0.2) is 42.6 Å². The molecule has 0 aromatic carbocycles. The number of likely N-dealkylation sites (N-methyl/N-ethyl adjacent to an activating group) is 1. The Morgan fingerprint density at radius 3 is 2.70 bits per heavy atom. The number of nitrogens with one attached hydrogen (secondary N) is 2. The molecule has 0 spiro atoms. The number of carbonyl (C=O) groups is 1. The number of hydrogen-bond acceptors (Lipinski definition) is 5. The molecule has 7 heteroatoms. The van der Waals surface area contributed by atoms with Gasteiger partial charge in [-0.05, 0) is 12.8 Å². The molecule has 0 saturated carbocycles. The third kappa shape index (κ3) is 5.21. The van der Waals surface area contributed by atoms with Gasteiger partial charge in [0.2, 0.25) is 11.9 Å². The molecule has 6 nitrogen and oxygen atoms in total. The number of anilines is 2. The fourth-order valence-corrected chi connectivity index (χ4v) is 1.79. The molecule has 0 aliphatic rings. The minimum atomic E-state index is -0.0490. The average Bonchev–Trinajstić information content (AvgIpc) is 2.44. The van der Waals surface area contributed by atoms with Crippen LogP contribution in [0.2, 0.25) is 5.02 Å². The summed E-state index contributed by atoms with van der Waals surface area (Å²) >= 11 is 6.09. The molecular formula is C13H22ClN5O. The molecule has 0 atom stereocenters. The minimum Gasteiger partial charge on any atom is -0.355 e. The number of nitrogens with zero attached hydrogens (tertiary/aromatic N) is 3. The molecule has 0 aliphatic heterocycles. The predicted octanol–water partition coefficient (Wildman–Crippen LogP) is 1.91. The fraction of sp³-hybridized carbons (Fsp3) is 0.615. The Kier molecular flexibility index (Phi) is 7.08. The summed E-state index contributed by atoms with van der Waals surface area (Å²) in [5.74, 6) is 1.02. The lowest BCUT2D eigenvalue weighted by atomic mass is 10.4. The van der Waals surface area contributed by atoms with Gasteiger partial charge in [0.1, 0.15) is 5.02 Å². The van der Waals surface area contributed by atoms with Crippen LogP contribution in [0.15, 0.2) is 6.20 Å². The Morgan fingerprint density at radius 1 is 1.35 bits per heavy atom. The Labute approximate surface area is 124 Å². The molecule has 1 rings (SSSR count). The SMILES string of the molecule is CCCNC(=O)CN(C)c1nc(NCCC)ncc1Cl. The molecule has 1 amide bonds. The van der Waals surface area contributed by atoms with Crippen LogP contribution in [0.5, 0.6) is 0 Å². The van der Waals surface area contributed by atoms with E-state index in [1.54, 1.807) is 18.1 Å². The van der Waals surface area contributed by atoms with Gasteiger partial charge in [-0.25, -0.2) is 4.98 Å². The quantitative estimate of drug-likeness (QED) is 0.767. The smallest absolute Gasteiger partial charge is 0.239 e. The highest BCUT2D eigenvalue weighted by molar-refractivity contribution is 6.32. The summed E-state index contributed by atoms with van der Waals surface area (Å²) in [4.78, 5) is 21.9. The lowest BCUT2D eigenvalue weighted by molar-refractivity contribution is -0.119. The van der Waals surface area contributed by atoms with E-state index in [4.69, 9.17) is 11.6 Å². The first-order valence-electron chi connectivity index (χ1n) is 6.82. The zero-order valence-electron chi connectivity index (χ0n) is 12.2. The Hall–Kier alpha value is -1.56. The van der Waals surface area contributed by atoms with Crippen molar-refractivity contribution in [1.82, 2.24) is 15.3 Å². The molecule has 112 valence electrons. The van der Waals surface area contributed by atoms with Crippen molar-refractivity contribution in [3.05, 3.63) is 11.2 Å². The van der Waals surface area contributed by atoms with Crippen LogP contribution in [0.1, 0.15) is 26.7 Å². The fourth-order valence-electron chi connectivity index (χ4n) is 1.56. The van der Waals surface area contributed by atoms with E-state index < -0.39 is 0 Å². The van der Waals surface area contributed by atoms with Crippen molar-refractivity contribution >= 4 is 29.3 Å². The van der Waals surface area contributed by atoms with Crippen molar-refractivity contribution in [2.45, 2.75) is 26.7 Å². The molecule has 0 saturated heterocycles. The maximum Gasteiger partial charge on any atom is 0.239 e. The average molecular weight is 300 g/mol. The molecular weight excluding hydrogens is 278 g/mol. The number of hydrogen-bond donors (Lipinski definition) is 2. The Bertz CT molecular complexity index is 441. The second-order valence-corrected chi connectivity index (χ2v) is 4.91. The minimum absolute atomic E-state index is 0.0490. The van der Waals surface area contributed by atoms with Crippen molar-refractivity contribution < 1.29 is 4.79 Å². The van der Waals surface area contributed by atoms with Gasteiger partial charge >= 0.3 is 0 Å². The van der Waals surface area contributed by atoms with Crippen LogP contribution < -0.4 is 15.5 Å². The van der Waals surface area contributed by atoms with Crippen LogP contribution in [0.4, 0.5) is 11.8 Å². The summed E-state index contributed by atoms with van der Waals surface area (Å²) < 4.78 is 0. The highest BCUT2D eigenvalue weighted by Gasteiger charge is 2.13.